The predicted octanol–water partition coefficient (Wildman–Crippen LogP) is 6.18. The minimum atomic E-state index is 0.0712. The van der Waals surface area contributed by atoms with Gasteiger partial charge in [0.15, 0.2) is 5.65 Å². The molecule has 2 aromatic carbocycles. The Bertz CT molecular complexity index is 1360. The molecule has 0 atom stereocenters. The van der Waals surface area contributed by atoms with Gasteiger partial charge in [0.05, 0.1) is 16.4 Å². The highest BCUT2D eigenvalue weighted by molar-refractivity contribution is 9.10. The standard InChI is InChI=1S/C27H25BrClN5O/c28-22-18-31-34-25(16-24(32-27(22)34)21-8-4-5-9-23(21)29)30-17-20-12-14-33(15-13-20)26(35)11-10-19-6-2-1-3-7-19/h1-11,16,18,20,30H,12-15,17H2/b11-10+. The minimum Gasteiger partial charge on any atom is -0.370 e. The Balaban J connectivity index is 1.24. The molecule has 0 spiro atoms. The third-order valence-corrected chi connectivity index (χ3v) is 7.18. The summed E-state index contributed by atoms with van der Waals surface area (Å²) >= 11 is 9.99. The summed E-state index contributed by atoms with van der Waals surface area (Å²) in [7, 11) is 0. The number of nitrogens with one attached hydrogen (secondary N) is 1. The Morgan fingerprint density at radius 1 is 1.11 bits per heavy atom. The maximum absolute atomic E-state index is 12.6. The molecule has 6 nitrogen and oxygen atoms in total. The van der Waals surface area contributed by atoms with Crippen molar-refractivity contribution in [2.75, 3.05) is 25.0 Å². The summed E-state index contributed by atoms with van der Waals surface area (Å²) in [6, 6.07) is 19.6. The van der Waals surface area contributed by atoms with E-state index in [1.165, 1.54) is 0 Å². The molecule has 1 N–H and O–H groups in total. The minimum absolute atomic E-state index is 0.0712. The molecule has 1 aliphatic heterocycles. The quantitative estimate of drug-likeness (QED) is 0.291. The second-order valence-corrected chi connectivity index (χ2v) is 9.89. The van der Waals surface area contributed by atoms with Crippen molar-refractivity contribution < 1.29 is 4.79 Å². The number of hydrogen-bond acceptors (Lipinski definition) is 4. The van der Waals surface area contributed by atoms with Crippen LogP contribution in [0.15, 0.2) is 77.4 Å². The number of anilines is 1. The van der Waals surface area contributed by atoms with Crippen molar-refractivity contribution >= 4 is 51.0 Å². The number of piperidine rings is 1. The molecule has 0 unspecified atom stereocenters. The first-order valence-electron chi connectivity index (χ1n) is 11.6. The van der Waals surface area contributed by atoms with E-state index < -0.39 is 0 Å². The van der Waals surface area contributed by atoms with Gasteiger partial charge >= 0.3 is 0 Å². The van der Waals surface area contributed by atoms with Gasteiger partial charge in [-0.15, -0.1) is 0 Å². The number of halogens is 2. The monoisotopic (exact) mass is 549 g/mol. The van der Waals surface area contributed by atoms with Crippen LogP contribution in [0.5, 0.6) is 0 Å². The summed E-state index contributed by atoms with van der Waals surface area (Å²) in [6.07, 6.45) is 7.20. The van der Waals surface area contributed by atoms with Crippen LogP contribution in [0.3, 0.4) is 0 Å². The molecule has 1 saturated heterocycles. The van der Waals surface area contributed by atoms with Crippen molar-refractivity contribution in [1.82, 2.24) is 19.5 Å². The molecule has 178 valence electrons. The summed E-state index contributed by atoms with van der Waals surface area (Å²) < 4.78 is 2.63. The topological polar surface area (TPSA) is 62.5 Å². The Morgan fingerprint density at radius 2 is 1.86 bits per heavy atom. The molecule has 1 fully saturated rings. The molecule has 1 aliphatic rings. The molecule has 0 aliphatic carbocycles. The van der Waals surface area contributed by atoms with Crippen LogP contribution >= 0.6 is 27.5 Å². The summed E-state index contributed by atoms with van der Waals surface area (Å²) in [5, 5.41) is 8.70. The van der Waals surface area contributed by atoms with E-state index in [1.54, 1.807) is 16.8 Å². The van der Waals surface area contributed by atoms with E-state index in [4.69, 9.17) is 16.6 Å². The summed E-state index contributed by atoms with van der Waals surface area (Å²) in [6.45, 7) is 2.31. The number of hydrogen-bond donors (Lipinski definition) is 1. The smallest absolute Gasteiger partial charge is 0.246 e. The number of likely N-dealkylation sites (tertiary alicyclic amines) is 1. The molecule has 4 aromatic rings. The van der Waals surface area contributed by atoms with Crippen LogP contribution in [0.25, 0.3) is 23.0 Å². The van der Waals surface area contributed by atoms with Gasteiger partial charge in [0.1, 0.15) is 5.82 Å². The molecule has 1 amide bonds. The highest BCUT2D eigenvalue weighted by atomic mass is 79.9. The highest BCUT2D eigenvalue weighted by Gasteiger charge is 2.22. The third-order valence-electron chi connectivity index (χ3n) is 6.29. The van der Waals surface area contributed by atoms with E-state index in [2.05, 4.69) is 26.3 Å². The zero-order chi connectivity index (χ0) is 24.2. The SMILES string of the molecule is O=C(/C=C/c1ccccc1)N1CCC(CNc2cc(-c3ccccc3Cl)nc3c(Br)cnn23)CC1. The Morgan fingerprint density at radius 3 is 2.63 bits per heavy atom. The van der Waals surface area contributed by atoms with Gasteiger partial charge in [0.2, 0.25) is 5.91 Å². The maximum atomic E-state index is 12.6. The lowest BCUT2D eigenvalue weighted by atomic mass is 9.96. The van der Waals surface area contributed by atoms with Gasteiger partial charge in [0, 0.05) is 42.4 Å². The van der Waals surface area contributed by atoms with Crippen LogP contribution in [-0.4, -0.2) is 45.0 Å². The van der Waals surface area contributed by atoms with Crippen molar-refractivity contribution in [2.45, 2.75) is 12.8 Å². The van der Waals surface area contributed by atoms with Crippen molar-refractivity contribution in [3.8, 4) is 11.3 Å². The molecule has 0 radical (unpaired) electrons. The lowest BCUT2D eigenvalue weighted by Gasteiger charge is -2.31. The number of aromatic nitrogens is 3. The fraction of sp³-hybridized carbons (Fsp3) is 0.222. The molecule has 3 heterocycles. The summed E-state index contributed by atoms with van der Waals surface area (Å²) in [5.41, 5.74) is 3.43. The normalized spacial score (nSPS) is 14.6. The first kappa shape index (κ1) is 23.6. The van der Waals surface area contributed by atoms with Gasteiger partial charge in [-0.1, -0.05) is 60.1 Å². The lowest BCUT2D eigenvalue weighted by molar-refractivity contribution is -0.127. The molecule has 0 bridgehead atoms. The van der Waals surface area contributed by atoms with Crippen molar-refractivity contribution in [2.24, 2.45) is 5.92 Å². The van der Waals surface area contributed by atoms with Gasteiger partial charge in [-0.2, -0.15) is 9.61 Å². The van der Waals surface area contributed by atoms with Gasteiger partial charge in [-0.25, -0.2) is 4.98 Å². The first-order chi connectivity index (χ1) is 17.1. The van der Waals surface area contributed by atoms with Crippen molar-refractivity contribution in [1.29, 1.82) is 0 Å². The van der Waals surface area contributed by atoms with Crippen LogP contribution in [0.2, 0.25) is 5.02 Å². The van der Waals surface area contributed by atoms with E-state index in [0.29, 0.717) is 10.9 Å². The number of carbonyl (C=O) groups is 1. The summed E-state index contributed by atoms with van der Waals surface area (Å²) in [4.78, 5) is 19.3. The van der Waals surface area contributed by atoms with Gasteiger partial charge < -0.3 is 10.2 Å². The largest absolute Gasteiger partial charge is 0.370 e. The van der Waals surface area contributed by atoms with E-state index >= 15 is 0 Å². The highest BCUT2D eigenvalue weighted by Crippen LogP contribution is 2.30. The molecule has 5 rings (SSSR count). The maximum Gasteiger partial charge on any atom is 0.246 e. The number of rotatable bonds is 6. The van der Waals surface area contributed by atoms with Crippen LogP contribution in [0.4, 0.5) is 5.82 Å². The van der Waals surface area contributed by atoms with Crippen LogP contribution in [-0.2, 0) is 4.79 Å². The Hall–Kier alpha value is -3.16. The molecule has 8 heteroatoms. The van der Waals surface area contributed by atoms with Crippen LogP contribution in [0, 0.1) is 5.92 Å². The van der Waals surface area contributed by atoms with E-state index in [1.807, 2.05) is 71.6 Å². The predicted molar refractivity (Wildman–Crippen MR) is 144 cm³/mol. The molecule has 0 saturated carbocycles. The Kier molecular flexibility index (Phi) is 7.16. The molecule has 35 heavy (non-hydrogen) atoms. The van der Waals surface area contributed by atoms with Crippen molar-refractivity contribution in [3.05, 3.63) is 88.0 Å². The second-order valence-electron chi connectivity index (χ2n) is 8.63. The molecule has 2 aromatic heterocycles. The first-order valence-corrected chi connectivity index (χ1v) is 12.8. The van der Waals surface area contributed by atoms with Gasteiger partial charge in [0.25, 0.3) is 0 Å². The average Bonchev–Trinajstić information content (AvgIpc) is 3.27. The summed E-state index contributed by atoms with van der Waals surface area (Å²) in [5.74, 6) is 1.39. The molecular formula is C27H25BrClN5O. The fourth-order valence-electron chi connectivity index (χ4n) is 4.31. The zero-order valence-corrected chi connectivity index (χ0v) is 21.4. The number of fused-ring (bicyclic) bond motifs is 1. The fourth-order valence-corrected chi connectivity index (χ4v) is 4.89. The van der Waals surface area contributed by atoms with Gasteiger partial charge in [-0.05, 0) is 52.4 Å². The lowest BCUT2D eigenvalue weighted by Crippen LogP contribution is -2.39. The number of benzene rings is 2. The average molecular weight is 551 g/mol. The second kappa shape index (κ2) is 10.6. The van der Waals surface area contributed by atoms with E-state index in [9.17, 15) is 4.79 Å². The Labute approximate surface area is 217 Å². The molecular weight excluding hydrogens is 526 g/mol. The zero-order valence-electron chi connectivity index (χ0n) is 19.1. The number of carbonyl (C=O) groups excluding carboxylic acids is 1. The van der Waals surface area contributed by atoms with Crippen molar-refractivity contribution in [3.63, 3.8) is 0 Å². The van der Waals surface area contributed by atoms with Gasteiger partial charge in [-0.3, -0.25) is 4.79 Å². The number of nitrogens with zero attached hydrogens (tertiary/aromatic N) is 4. The van der Waals surface area contributed by atoms with Crippen LogP contribution in [0.1, 0.15) is 18.4 Å². The van der Waals surface area contributed by atoms with E-state index in [0.717, 1.165) is 65.2 Å². The van der Waals surface area contributed by atoms with E-state index in [-0.39, 0.29) is 5.91 Å². The number of amides is 1. The third kappa shape index (κ3) is 5.41. The van der Waals surface area contributed by atoms with Crippen LogP contribution < -0.4 is 5.32 Å².